The minimum absolute atomic E-state index is 0.524. The van der Waals surface area contributed by atoms with E-state index in [9.17, 15) is 0 Å². The van der Waals surface area contributed by atoms with Crippen LogP contribution < -0.4 is 0 Å². The average molecular weight is 659 g/mol. The first-order chi connectivity index (χ1) is 23.1. The van der Waals surface area contributed by atoms with Crippen LogP contribution in [0.2, 0.25) is 0 Å². The Morgan fingerprint density at radius 2 is 1.04 bits per heavy atom. The molecule has 8 rings (SSSR count). The molecule has 0 aromatic carbocycles. The van der Waals surface area contributed by atoms with Gasteiger partial charge in [0.2, 0.25) is 0 Å². The van der Waals surface area contributed by atoms with Crippen LogP contribution in [0.5, 0.6) is 0 Å². The van der Waals surface area contributed by atoms with Crippen molar-refractivity contribution in [3.05, 3.63) is 0 Å². The third kappa shape index (κ3) is 5.19. The molecule has 0 saturated heterocycles. The lowest BCUT2D eigenvalue weighted by Gasteiger charge is -2.59. The highest BCUT2D eigenvalue weighted by Gasteiger charge is 2.71. The van der Waals surface area contributed by atoms with Crippen molar-refractivity contribution in [2.75, 3.05) is 0 Å². The number of fused-ring (bicyclic) bond motifs is 13. The Labute approximate surface area is 300 Å². The molecule has 0 heterocycles. The monoisotopic (exact) mass is 659 g/mol. The highest BCUT2D eigenvalue weighted by atomic mass is 14.8. The Hall–Kier alpha value is 0. The molecule has 0 aliphatic heterocycles. The van der Waals surface area contributed by atoms with Gasteiger partial charge in [-0.1, -0.05) is 113 Å². The lowest BCUT2D eigenvalue weighted by molar-refractivity contribution is -0.102. The van der Waals surface area contributed by atoms with E-state index in [0.717, 1.165) is 94.7 Å². The van der Waals surface area contributed by atoms with Crippen LogP contribution >= 0.6 is 0 Å². The van der Waals surface area contributed by atoms with Crippen LogP contribution in [0.4, 0.5) is 0 Å². The highest BCUT2D eigenvalue weighted by molar-refractivity contribution is 5.19. The summed E-state index contributed by atoms with van der Waals surface area (Å²) in [4.78, 5) is 0. The Balaban J connectivity index is 1.25. The predicted molar refractivity (Wildman–Crippen MR) is 205 cm³/mol. The normalized spacial score (nSPS) is 50.3. The van der Waals surface area contributed by atoms with Crippen LogP contribution in [0, 0.1) is 111 Å². The van der Waals surface area contributed by atoms with Gasteiger partial charge < -0.3 is 0 Å². The summed E-state index contributed by atoms with van der Waals surface area (Å²) in [6.45, 7) is 21.1. The SMILES string of the molecule is CCC(C)(CC)C1CC(C(C)(CC)CC)CC2(C1)C1CC(C(C)C)C3CCCCC3C1C1C3CC4CCC5CCCCC5C4C3CCC12. The van der Waals surface area contributed by atoms with E-state index in [0.29, 0.717) is 16.2 Å². The maximum absolute atomic E-state index is 2.76. The Bertz CT molecular complexity index is 1080. The van der Waals surface area contributed by atoms with E-state index in [4.69, 9.17) is 0 Å². The van der Waals surface area contributed by atoms with Crippen LogP contribution in [0.15, 0.2) is 0 Å². The smallest absolute Gasteiger partial charge is 0.0229 e. The van der Waals surface area contributed by atoms with Crippen LogP contribution in [0.3, 0.4) is 0 Å². The first-order valence-electron chi connectivity index (χ1n) is 23.1. The third-order valence-corrected chi connectivity index (χ3v) is 21.0. The van der Waals surface area contributed by atoms with Crippen molar-refractivity contribution < 1.29 is 0 Å². The number of hydrogen-bond acceptors (Lipinski definition) is 0. The van der Waals surface area contributed by atoms with Crippen molar-refractivity contribution in [3.63, 3.8) is 0 Å². The second-order valence-corrected chi connectivity index (χ2v) is 21.9. The molecule has 8 aliphatic carbocycles. The molecule has 0 nitrogen and oxygen atoms in total. The second-order valence-electron chi connectivity index (χ2n) is 21.9. The Morgan fingerprint density at radius 3 is 1.67 bits per heavy atom. The molecule has 0 aromatic heterocycles. The van der Waals surface area contributed by atoms with Crippen LogP contribution in [0.1, 0.15) is 190 Å². The molecular weight excluding hydrogens is 577 g/mol. The molecule has 0 amide bonds. The van der Waals surface area contributed by atoms with Crippen molar-refractivity contribution in [3.8, 4) is 0 Å². The molecule has 8 aliphatic rings. The highest BCUT2D eigenvalue weighted by Crippen LogP contribution is 2.77. The lowest BCUT2D eigenvalue weighted by atomic mass is 9.45. The van der Waals surface area contributed by atoms with Gasteiger partial charge in [-0.05, 0) is 188 Å². The molecule has 0 heteroatoms. The Kier molecular flexibility index (Phi) is 9.60. The third-order valence-electron chi connectivity index (χ3n) is 21.0. The summed E-state index contributed by atoms with van der Waals surface area (Å²) in [6.07, 6.45) is 32.8. The zero-order valence-corrected chi connectivity index (χ0v) is 33.6. The second kappa shape index (κ2) is 13.1. The van der Waals surface area contributed by atoms with Crippen LogP contribution in [-0.4, -0.2) is 0 Å². The standard InChI is InChI=1S/C48H82/c1-9-46(7,10-2)33-26-34(47(8,11-3)12-4)29-48(28-33)41-24-23-38-40(25-32-22-21-31-17-13-14-18-35(31)43(32)38)45(41)44-37-20-16-15-19-36(37)39(30(5)6)27-42(44)48/h30-45H,9-29H2,1-8H3. The summed E-state index contributed by atoms with van der Waals surface area (Å²) in [5, 5.41) is 0. The molecule has 274 valence electrons. The van der Waals surface area contributed by atoms with Crippen LogP contribution in [-0.2, 0) is 0 Å². The Morgan fingerprint density at radius 1 is 0.500 bits per heavy atom. The van der Waals surface area contributed by atoms with Crippen molar-refractivity contribution in [2.24, 2.45) is 111 Å². The predicted octanol–water partition coefficient (Wildman–Crippen LogP) is 14.3. The summed E-state index contributed by atoms with van der Waals surface area (Å²) in [6, 6.07) is 0. The van der Waals surface area contributed by atoms with E-state index < -0.39 is 0 Å². The minimum Gasteiger partial charge on any atom is -0.0649 e. The quantitative estimate of drug-likeness (QED) is 0.255. The molecular formula is C48H82. The van der Waals surface area contributed by atoms with Gasteiger partial charge in [-0.25, -0.2) is 0 Å². The van der Waals surface area contributed by atoms with Crippen molar-refractivity contribution >= 4 is 0 Å². The van der Waals surface area contributed by atoms with Gasteiger partial charge in [0, 0.05) is 0 Å². The van der Waals surface area contributed by atoms with Crippen LogP contribution in [0.25, 0.3) is 0 Å². The van der Waals surface area contributed by atoms with Gasteiger partial charge in [0.15, 0.2) is 0 Å². The van der Waals surface area contributed by atoms with Gasteiger partial charge in [-0.3, -0.25) is 0 Å². The van der Waals surface area contributed by atoms with Crippen molar-refractivity contribution in [1.29, 1.82) is 0 Å². The van der Waals surface area contributed by atoms with Gasteiger partial charge in [-0.15, -0.1) is 0 Å². The first kappa shape index (κ1) is 35.1. The van der Waals surface area contributed by atoms with E-state index in [1.54, 1.807) is 109 Å². The molecule has 0 radical (unpaired) electrons. The van der Waals surface area contributed by atoms with Gasteiger partial charge in [0.25, 0.3) is 0 Å². The molecule has 0 N–H and O–H groups in total. The minimum atomic E-state index is 0.524. The van der Waals surface area contributed by atoms with E-state index in [1.807, 2.05) is 0 Å². The fourth-order valence-electron chi connectivity index (χ4n) is 17.9. The van der Waals surface area contributed by atoms with Gasteiger partial charge >= 0.3 is 0 Å². The zero-order chi connectivity index (χ0) is 33.6. The molecule has 15 unspecified atom stereocenters. The molecule has 48 heavy (non-hydrogen) atoms. The lowest BCUT2D eigenvalue weighted by Crippen LogP contribution is -2.51. The summed E-state index contributed by atoms with van der Waals surface area (Å²) >= 11 is 0. The summed E-state index contributed by atoms with van der Waals surface area (Å²) in [5.74, 6) is 16.9. The van der Waals surface area contributed by atoms with Crippen molar-refractivity contribution in [1.82, 2.24) is 0 Å². The van der Waals surface area contributed by atoms with E-state index in [-0.39, 0.29) is 0 Å². The molecule has 1 spiro atoms. The molecule has 8 fully saturated rings. The summed E-state index contributed by atoms with van der Waals surface area (Å²) in [7, 11) is 0. The fraction of sp³-hybridized carbons (Fsp3) is 1.00. The fourth-order valence-corrected chi connectivity index (χ4v) is 17.9. The molecule has 0 bridgehead atoms. The molecule has 8 saturated carbocycles. The maximum Gasteiger partial charge on any atom is -0.0229 e. The van der Waals surface area contributed by atoms with E-state index in [1.165, 1.54) is 25.7 Å². The van der Waals surface area contributed by atoms with E-state index in [2.05, 4.69) is 55.4 Å². The molecule has 0 aromatic rings. The summed E-state index contributed by atoms with van der Waals surface area (Å²) < 4.78 is 0. The topological polar surface area (TPSA) is 0 Å². The van der Waals surface area contributed by atoms with Gasteiger partial charge in [0.1, 0.15) is 0 Å². The van der Waals surface area contributed by atoms with Crippen molar-refractivity contribution in [2.45, 2.75) is 190 Å². The zero-order valence-electron chi connectivity index (χ0n) is 33.6. The van der Waals surface area contributed by atoms with Gasteiger partial charge in [-0.2, -0.15) is 0 Å². The largest absolute Gasteiger partial charge is 0.0649 e. The maximum atomic E-state index is 2.76. The summed E-state index contributed by atoms with van der Waals surface area (Å²) in [5.41, 5.74) is 1.69. The van der Waals surface area contributed by atoms with E-state index >= 15 is 0 Å². The van der Waals surface area contributed by atoms with Gasteiger partial charge in [0.05, 0.1) is 0 Å². The first-order valence-corrected chi connectivity index (χ1v) is 23.1. The number of rotatable bonds is 7. The average Bonchev–Trinajstić information content (AvgIpc) is 3.64. The molecule has 15 atom stereocenters. The number of hydrogen-bond donors (Lipinski definition) is 0.